The van der Waals surface area contributed by atoms with E-state index in [0.29, 0.717) is 6.42 Å². The molecule has 0 saturated carbocycles. The van der Waals surface area contributed by atoms with Crippen molar-refractivity contribution in [3.63, 3.8) is 0 Å². The highest BCUT2D eigenvalue weighted by Gasteiger charge is 2.27. The zero-order valence-corrected chi connectivity index (χ0v) is 11.7. The Kier molecular flexibility index (Phi) is 9.32. The Morgan fingerprint density at radius 1 is 1.16 bits per heavy atom. The fourth-order valence-corrected chi connectivity index (χ4v) is 2.37. The minimum Gasteiger partial charge on any atom is -0.371 e. The maximum Gasteiger partial charge on any atom is 0.411 e. The SMILES string of the molecule is CCNCCCCS(=O)(=O)NCCOCC(F)(F)F. The van der Waals surface area contributed by atoms with Crippen molar-refractivity contribution in [3.8, 4) is 0 Å². The van der Waals surface area contributed by atoms with Crippen LogP contribution in [-0.2, 0) is 14.8 Å². The third kappa shape index (κ3) is 13.8. The number of ether oxygens (including phenoxy) is 1. The highest BCUT2D eigenvalue weighted by molar-refractivity contribution is 7.89. The zero-order valence-electron chi connectivity index (χ0n) is 10.9. The molecule has 0 unspecified atom stereocenters. The number of hydrogen-bond acceptors (Lipinski definition) is 4. The molecule has 116 valence electrons. The molecule has 5 nitrogen and oxygen atoms in total. The van der Waals surface area contributed by atoms with Crippen LogP contribution in [0.2, 0.25) is 0 Å². The van der Waals surface area contributed by atoms with Crippen LogP contribution in [-0.4, -0.2) is 53.2 Å². The van der Waals surface area contributed by atoms with E-state index in [-0.39, 0.29) is 18.9 Å². The highest BCUT2D eigenvalue weighted by Crippen LogP contribution is 2.13. The van der Waals surface area contributed by atoms with E-state index in [2.05, 4.69) is 14.8 Å². The van der Waals surface area contributed by atoms with Gasteiger partial charge in [0.15, 0.2) is 0 Å². The van der Waals surface area contributed by atoms with Crippen LogP contribution in [0.4, 0.5) is 13.2 Å². The molecule has 0 amide bonds. The van der Waals surface area contributed by atoms with Crippen LogP contribution in [0.3, 0.4) is 0 Å². The van der Waals surface area contributed by atoms with Crippen LogP contribution in [0, 0.1) is 0 Å². The van der Waals surface area contributed by atoms with E-state index in [1.54, 1.807) is 0 Å². The molecule has 0 heterocycles. The maximum absolute atomic E-state index is 11.7. The third-order valence-corrected chi connectivity index (χ3v) is 3.57. The van der Waals surface area contributed by atoms with E-state index >= 15 is 0 Å². The summed E-state index contributed by atoms with van der Waals surface area (Å²) in [5, 5.41) is 3.07. The van der Waals surface area contributed by atoms with Crippen molar-refractivity contribution in [2.45, 2.75) is 25.9 Å². The van der Waals surface area contributed by atoms with Gasteiger partial charge in [-0.1, -0.05) is 6.92 Å². The van der Waals surface area contributed by atoms with Crippen molar-refractivity contribution in [1.29, 1.82) is 0 Å². The number of sulfonamides is 1. The first kappa shape index (κ1) is 18.6. The van der Waals surface area contributed by atoms with Gasteiger partial charge >= 0.3 is 6.18 Å². The average Bonchev–Trinajstić information content (AvgIpc) is 2.26. The molecule has 0 aliphatic carbocycles. The van der Waals surface area contributed by atoms with Crippen molar-refractivity contribution < 1.29 is 26.3 Å². The second-order valence-corrected chi connectivity index (χ2v) is 5.87. The molecule has 0 bridgehead atoms. The predicted molar refractivity (Wildman–Crippen MR) is 66.4 cm³/mol. The van der Waals surface area contributed by atoms with E-state index < -0.39 is 22.8 Å². The summed E-state index contributed by atoms with van der Waals surface area (Å²) in [6.07, 6.45) is -3.14. The molecule has 0 aliphatic heterocycles. The van der Waals surface area contributed by atoms with Crippen molar-refractivity contribution in [3.05, 3.63) is 0 Å². The Morgan fingerprint density at radius 3 is 2.42 bits per heavy atom. The van der Waals surface area contributed by atoms with E-state index in [4.69, 9.17) is 0 Å². The van der Waals surface area contributed by atoms with Crippen LogP contribution in [0.25, 0.3) is 0 Å². The molecule has 0 saturated heterocycles. The lowest BCUT2D eigenvalue weighted by Gasteiger charge is -2.09. The molecule has 0 rings (SSSR count). The molecular formula is C10H21F3N2O3S. The fourth-order valence-electron chi connectivity index (χ4n) is 1.25. The van der Waals surface area contributed by atoms with Crippen LogP contribution in [0.1, 0.15) is 19.8 Å². The normalized spacial score (nSPS) is 12.8. The predicted octanol–water partition coefficient (Wildman–Crippen LogP) is 0.874. The first-order chi connectivity index (χ1) is 8.77. The van der Waals surface area contributed by atoms with Gasteiger partial charge in [-0.15, -0.1) is 0 Å². The van der Waals surface area contributed by atoms with Crippen LogP contribution in [0.15, 0.2) is 0 Å². The minimum absolute atomic E-state index is 0.0301. The zero-order chi connectivity index (χ0) is 14.8. The van der Waals surface area contributed by atoms with Gasteiger partial charge in [-0.05, 0) is 25.9 Å². The Bertz CT molecular complexity index is 320. The largest absolute Gasteiger partial charge is 0.411 e. The molecule has 0 radical (unpaired) electrons. The van der Waals surface area contributed by atoms with E-state index in [1.807, 2.05) is 6.92 Å². The van der Waals surface area contributed by atoms with Crippen LogP contribution < -0.4 is 10.0 Å². The molecule has 9 heteroatoms. The maximum atomic E-state index is 11.7. The number of rotatable bonds is 11. The molecule has 2 N–H and O–H groups in total. The van der Waals surface area contributed by atoms with E-state index in [1.165, 1.54) is 0 Å². The van der Waals surface area contributed by atoms with E-state index in [9.17, 15) is 21.6 Å². The molecule has 0 spiro atoms. The summed E-state index contributed by atoms with van der Waals surface area (Å²) in [6, 6.07) is 0. The average molecular weight is 306 g/mol. The summed E-state index contributed by atoms with van der Waals surface area (Å²) >= 11 is 0. The number of hydrogen-bond donors (Lipinski definition) is 2. The number of halogens is 3. The Hall–Kier alpha value is -0.380. The van der Waals surface area contributed by atoms with Gasteiger partial charge in [-0.3, -0.25) is 0 Å². The molecule has 0 fully saturated rings. The number of unbranched alkanes of at least 4 members (excludes halogenated alkanes) is 1. The van der Waals surface area contributed by atoms with Gasteiger partial charge in [0.1, 0.15) is 6.61 Å². The second-order valence-electron chi connectivity index (χ2n) is 3.94. The highest BCUT2D eigenvalue weighted by atomic mass is 32.2. The first-order valence-electron chi connectivity index (χ1n) is 6.09. The lowest BCUT2D eigenvalue weighted by atomic mass is 10.3. The number of nitrogens with one attached hydrogen (secondary N) is 2. The van der Waals surface area contributed by atoms with Gasteiger partial charge < -0.3 is 10.1 Å². The van der Waals surface area contributed by atoms with Crippen LogP contribution in [0.5, 0.6) is 0 Å². The molecule has 0 aromatic heterocycles. The smallest absolute Gasteiger partial charge is 0.371 e. The first-order valence-corrected chi connectivity index (χ1v) is 7.74. The quantitative estimate of drug-likeness (QED) is 0.556. The third-order valence-electron chi connectivity index (χ3n) is 2.10. The minimum atomic E-state index is -4.38. The van der Waals surface area contributed by atoms with Crippen molar-refractivity contribution in [1.82, 2.24) is 10.0 Å². The summed E-state index contributed by atoms with van der Waals surface area (Å²) in [5.41, 5.74) is 0. The second kappa shape index (κ2) is 9.51. The van der Waals surface area contributed by atoms with Gasteiger partial charge in [0.05, 0.1) is 12.4 Å². The van der Waals surface area contributed by atoms with Crippen molar-refractivity contribution in [2.24, 2.45) is 0 Å². The monoisotopic (exact) mass is 306 g/mol. The fraction of sp³-hybridized carbons (Fsp3) is 1.00. The van der Waals surface area contributed by atoms with Crippen molar-refractivity contribution >= 4 is 10.0 Å². The molecular weight excluding hydrogens is 285 g/mol. The lowest BCUT2D eigenvalue weighted by Crippen LogP contribution is -2.31. The summed E-state index contributed by atoms with van der Waals surface area (Å²) in [6.45, 7) is 1.74. The molecule has 0 aromatic carbocycles. The topological polar surface area (TPSA) is 67.4 Å². The molecule has 0 aliphatic rings. The molecule has 0 aromatic rings. The van der Waals surface area contributed by atoms with Gasteiger partial charge in [0.2, 0.25) is 10.0 Å². The van der Waals surface area contributed by atoms with Gasteiger partial charge in [0.25, 0.3) is 0 Å². The standard InChI is InChI=1S/C10H21F3N2O3S/c1-2-14-5-3-4-8-19(16,17)15-6-7-18-9-10(11,12)13/h14-15H,2-9H2,1H3. The summed E-state index contributed by atoms with van der Waals surface area (Å²) in [7, 11) is -3.42. The van der Waals surface area contributed by atoms with E-state index in [0.717, 1.165) is 19.5 Å². The van der Waals surface area contributed by atoms with Crippen LogP contribution >= 0.6 is 0 Å². The van der Waals surface area contributed by atoms with Gasteiger partial charge in [0, 0.05) is 6.54 Å². The molecule has 0 atom stereocenters. The van der Waals surface area contributed by atoms with Crippen molar-refractivity contribution in [2.75, 3.05) is 38.6 Å². The Morgan fingerprint density at radius 2 is 1.84 bits per heavy atom. The van der Waals surface area contributed by atoms with Gasteiger partial charge in [-0.2, -0.15) is 13.2 Å². The van der Waals surface area contributed by atoms with Gasteiger partial charge in [-0.25, -0.2) is 13.1 Å². The Labute approximate surface area is 111 Å². The molecule has 19 heavy (non-hydrogen) atoms. The summed E-state index contributed by atoms with van der Waals surface area (Å²) in [4.78, 5) is 0. The Balaban J connectivity index is 3.57. The lowest BCUT2D eigenvalue weighted by molar-refractivity contribution is -0.173. The number of alkyl halides is 3. The summed E-state index contributed by atoms with van der Waals surface area (Å²) in [5.74, 6) is -0.0301. The summed E-state index contributed by atoms with van der Waals surface area (Å²) < 4.78 is 64.5.